The second-order valence-corrected chi connectivity index (χ2v) is 6.39. The molecule has 0 radical (unpaired) electrons. The Morgan fingerprint density at radius 2 is 1.73 bits per heavy atom. The zero-order chi connectivity index (χ0) is 18.5. The topological polar surface area (TPSA) is 107 Å². The van der Waals surface area contributed by atoms with Crippen LogP contribution in [-0.2, 0) is 10.5 Å². The van der Waals surface area contributed by atoms with Gasteiger partial charge in [0.05, 0.1) is 17.3 Å². The number of aliphatic hydroxyl groups is 1. The fourth-order valence-electron chi connectivity index (χ4n) is 3.76. The van der Waals surface area contributed by atoms with Crippen molar-refractivity contribution in [2.24, 2.45) is 0 Å². The Morgan fingerprint density at radius 1 is 1.08 bits per heavy atom. The predicted molar refractivity (Wildman–Crippen MR) is 91.7 cm³/mol. The second-order valence-electron chi connectivity index (χ2n) is 6.39. The van der Waals surface area contributed by atoms with Gasteiger partial charge in [-0.2, -0.15) is 0 Å². The van der Waals surface area contributed by atoms with Crippen molar-refractivity contribution in [3.05, 3.63) is 65.2 Å². The van der Waals surface area contributed by atoms with E-state index in [9.17, 15) is 19.5 Å². The molecule has 26 heavy (non-hydrogen) atoms. The Bertz CT molecular complexity index is 941. The minimum atomic E-state index is -1.86. The number of nitrogens with one attached hydrogen (secondary N) is 1. The number of amides is 2. The molecule has 3 N–H and O–H groups in total. The maximum absolute atomic E-state index is 13.1. The molecule has 0 bridgehead atoms. The van der Waals surface area contributed by atoms with Crippen LogP contribution >= 0.6 is 0 Å². The summed E-state index contributed by atoms with van der Waals surface area (Å²) in [5, 5.41) is 23.4. The maximum Gasteiger partial charge on any atom is 0.303 e. The lowest BCUT2D eigenvalue weighted by molar-refractivity contribution is -0.137. The first kappa shape index (κ1) is 16.3. The Kier molecular flexibility index (Phi) is 3.55. The van der Waals surface area contributed by atoms with E-state index in [1.54, 1.807) is 48.5 Å². The van der Waals surface area contributed by atoms with Gasteiger partial charge >= 0.3 is 5.97 Å². The normalized spacial score (nSPS) is 23.6. The molecule has 0 saturated carbocycles. The van der Waals surface area contributed by atoms with Gasteiger partial charge in [0.25, 0.3) is 11.8 Å². The van der Waals surface area contributed by atoms with Gasteiger partial charge in [0.1, 0.15) is 0 Å². The predicted octanol–water partition coefficient (Wildman–Crippen LogP) is 1.47. The van der Waals surface area contributed by atoms with Crippen LogP contribution in [0.25, 0.3) is 0 Å². The van der Waals surface area contributed by atoms with Crippen molar-refractivity contribution in [2.75, 3.05) is 4.90 Å². The van der Waals surface area contributed by atoms with Gasteiger partial charge in [-0.15, -0.1) is 0 Å². The fraction of sp³-hybridized carbons (Fsp3) is 0.211. The van der Waals surface area contributed by atoms with Gasteiger partial charge in [-0.05, 0) is 24.6 Å². The number of rotatable bonds is 3. The molecule has 0 unspecified atom stereocenters. The summed E-state index contributed by atoms with van der Waals surface area (Å²) in [6.07, 6.45) is -0.280. The van der Waals surface area contributed by atoms with E-state index in [-0.39, 0.29) is 18.4 Å². The first-order chi connectivity index (χ1) is 12.4. The number of anilines is 1. The van der Waals surface area contributed by atoms with Crippen molar-refractivity contribution in [1.82, 2.24) is 5.32 Å². The highest BCUT2D eigenvalue weighted by Gasteiger charge is 2.56. The third kappa shape index (κ3) is 2.14. The van der Waals surface area contributed by atoms with E-state index in [0.717, 1.165) is 0 Å². The monoisotopic (exact) mass is 352 g/mol. The van der Waals surface area contributed by atoms with E-state index < -0.39 is 29.6 Å². The van der Waals surface area contributed by atoms with E-state index in [1.165, 1.54) is 4.90 Å². The Balaban J connectivity index is 1.95. The second kappa shape index (κ2) is 5.67. The summed E-state index contributed by atoms with van der Waals surface area (Å²) in [6.45, 7) is 0. The Labute approximate surface area is 148 Å². The Hall–Kier alpha value is -3.19. The third-order valence-corrected chi connectivity index (χ3v) is 4.93. The van der Waals surface area contributed by atoms with Crippen molar-refractivity contribution >= 4 is 23.5 Å². The van der Waals surface area contributed by atoms with E-state index >= 15 is 0 Å². The van der Waals surface area contributed by atoms with Crippen LogP contribution in [0.4, 0.5) is 5.69 Å². The molecule has 0 aromatic heterocycles. The molecule has 0 fully saturated rings. The van der Waals surface area contributed by atoms with E-state index in [1.807, 2.05) is 0 Å². The van der Waals surface area contributed by atoms with E-state index in [4.69, 9.17) is 5.11 Å². The number of hydrogen-bond acceptors (Lipinski definition) is 4. The van der Waals surface area contributed by atoms with Gasteiger partial charge in [-0.3, -0.25) is 19.3 Å². The van der Waals surface area contributed by atoms with Gasteiger partial charge < -0.3 is 15.5 Å². The number of benzene rings is 2. The molecule has 0 aliphatic carbocycles. The maximum atomic E-state index is 13.1. The van der Waals surface area contributed by atoms with Crippen molar-refractivity contribution in [3.8, 4) is 0 Å². The molecule has 2 aromatic rings. The minimum absolute atomic E-state index is 0.0241. The molecule has 2 aliphatic heterocycles. The number of carbonyl (C=O) groups excluding carboxylic acids is 2. The summed E-state index contributed by atoms with van der Waals surface area (Å²) in [4.78, 5) is 38.0. The highest BCUT2D eigenvalue weighted by atomic mass is 16.4. The van der Waals surface area contributed by atoms with Gasteiger partial charge in [0.2, 0.25) is 0 Å². The Morgan fingerprint density at radius 3 is 2.46 bits per heavy atom. The average Bonchev–Trinajstić information content (AvgIpc) is 2.81. The van der Waals surface area contributed by atoms with Crippen LogP contribution in [0.5, 0.6) is 0 Å². The SMILES string of the molecule is O=C(O)CC[C@H]1NC(=O)c2ccccc2N2C(=O)c3ccccc3[C@@]12O. The number of carbonyl (C=O) groups is 3. The summed E-state index contributed by atoms with van der Waals surface area (Å²) in [5.41, 5.74) is -0.610. The molecule has 0 spiro atoms. The van der Waals surface area contributed by atoms with E-state index in [2.05, 4.69) is 5.32 Å². The molecule has 132 valence electrons. The average molecular weight is 352 g/mol. The van der Waals surface area contributed by atoms with Crippen LogP contribution in [0.1, 0.15) is 39.1 Å². The number of aliphatic carboxylic acids is 1. The van der Waals surface area contributed by atoms with Crippen LogP contribution in [0.2, 0.25) is 0 Å². The molecule has 7 nitrogen and oxygen atoms in total. The van der Waals surface area contributed by atoms with Crippen molar-refractivity contribution in [3.63, 3.8) is 0 Å². The van der Waals surface area contributed by atoms with E-state index in [0.29, 0.717) is 16.8 Å². The lowest BCUT2D eigenvalue weighted by atomic mass is 9.91. The fourth-order valence-corrected chi connectivity index (χ4v) is 3.76. The van der Waals surface area contributed by atoms with Gasteiger partial charge in [-0.25, -0.2) is 0 Å². The number of para-hydroxylation sites is 1. The van der Waals surface area contributed by atoms with Gasteiger partial charge in [0, 0.05) is 17.5 Å². The zero-order valence-electron chi connectivity index (χ0n) is 13.7. The zero-order valence-corrected chi connectivity index (χ0v) is 13.7. The molecule has 2 atom stereocenters. The summed E-state index contributed by atoms with van der Waals surface area (Å²) in [5.74, 6) is -1.93. The largest absolute Gasteiger partial charge is 0.481 e. The quantitative estimate of drug-likeness (QED) is 0.775. The molecule has 2 aliphatic rings. The highest BCUT2D eigenvalue weighted by molar-refractivity contribution is 6.15. The van der Waals surface area contributed by atoms with Gasteiger partial charge in [0.15, 0.2) is 5.72 Å². The lowest BCUT2D eigenvalue weighted by Gasteiger charge is -2.38. The molecule has 2 heterocycles. The molecule has 4 rings (SSSR count). The number of hydrogen-bond donors (Lipinski definition) is 3. The molecular weight excluding hydrogens is 336 g/mol. The molecule has 2 aromatic carbocycles. The highest BCUT2D eigenvalue weighted by Crippen LogP contribution is 2.46. The molecule has 0 saturated heterocycles. The molecule has 2 amide bonds. The summed E-state index contributed by atoms with van der Waals surface area (Å²) in [7, 11) is 0. The summed E-state index contributed by atoms with van der Waals surface area (Å²) in [6, 6.07) is 12.2. The van der Waals surface area contributed by atoms with Crippen molar-refractivity contribution < 1.29 is 24.6 Å². The van der Waals surface area contributed by atoms with Crippen LogP contribution < -0.4 is 10.2 Å². The van der Waals surface area contributed by atoms with Crippen LogP contribution in [0.15, 0.2) is 48.5 Å². The standard InChI is InChI=1S/C19H16N2O5/c22-16(23)10-9-15-19(26)13-7-3-1-5-11(13)18(25)21(19)14-8-4-2-6-12(14)17(24)20-15/h1-8,15,26H,9-10H2,(H,20,24)(H,22,23)/t15-,19-/m1/s1. The van der Waals surface area contributed by atoms with Crippen LogP contribution in [0, 0.1) is 0 Å². The summed E-state index contributed by atoms with van der Waals surface area (Å²) < 4.78 is 0. The third-order valence-electron chi connectivity index (χ3n) is 4.93. The minimum Gasteiger partial charge on any atom is -0.481 e. The smallest absolute Gasteiger partial charge is 0.303 e. The lowest BCUT2D eigenvalue weighted by Crippen LogP contribution is -2.57. The number of carboxylic acids is 1. The van der Waals surface area contributed by atoms with Crippen LogP contribution in [0.3, 0.4) is 0 Å². The van der Waals surface area contributed by atoms with Gasteiger partial charge in [-0.1, -0.05) is 30.3 Å². The number of fused-ring (bicyclic) bond motifs is 5. The molecular formula is C19H16N2O5. The first-order valence-electron chi connectivity index (χ1n) is 8.22. The number of nitrogens with zero attached hydrogens (tertiary/aromatic N) is 1. The van der Waals surface area contributed by atoms with Crippen LogP contribution in [-0.4, -0.2) is 34.0 Å². The van der Waals surface area contributed by atoms with Crippen molar-refractivity contribution in [1.29, 1.82) is 0 Å². The first-order valence-corrected chi connectivity index (χ1v) is 8.22. The molecule has 7 heteroatoms. The van der Waals surface area contributed by atoms with Crippen molar-refractivity contribution in [2.45, 2.75) is 24.6 Å². The summed E-state index contributed by atoms with van der Waals surface area (Å²) >= 11 is 0. The number of carboxylic acid groups (broad SMARTS) is 1.